The summed E-state index contributed by atoms with van der Waals surface area (Å²) in [5, 5.41) is 4.97. The minimum absolute atomic E-state index is 0.350. The Morgan fingerprint density at radius 1 is 1.32 bits per heavy atom. The van der Waals surface area contributed by atoms with Gasteiger partial charge in [-0.25, -0.2) is 0 Å². The highest BCUT2D eigenvalue weighted by Crippen LogP contribution is 2.31. The zero-order valence-corrected chi connectivity index (χ0v) is 15.2. The van der Waals surface area contributed by atoms with E-state index >= 15 is 0 Å². The summed E-state index contributed by atoms with van der Waals surface area (Å²) in [6.07, 6.45) is 9.52. The lowest BCUT2D eigenvalue weighted by molar-refractivity contribution is 0.101. The van der Waals surface area contributed by atoms with Gasteiger partial charge in [0.15, 0.2) is 0 Å². The smallest absolute Gasteiger partial charge is 0.117 e. The van der Waals surface area contributed by atoms with Crippen molar-refractivity contribution in [1.82, 2.24) is 14.7 Å². The summed E-state index contributed by atoms with van der Waals surface area (Å²) in [6, 6.07) is 4.01. The highest BCUT2D eigenvalue weighted by molar-refractivity contribution is 5.25. The molecule has 136 valence electrons. The van der Waals surface area contributed by atoms with Crippen LogP contribution in [0.15, 0.2) is 29.0 Å². The lowest BCUT2D eigenvalue weighted by atomic mass is 9.97. The van der Waals surface area contributed by atoms with Crippen LogP contribution in [0.2, 0.25) is 0 Å². The fourth-order valence-electron chi connectivity index (χ4n) is 4.33. The summed E-state index contributed by atoms with van der Waals surface area (Å²) in [4.78, 5) is 2.45. The van der Waals surface area contributed by atoms with Gasteiger partial charge in [-0.2, -0.15) is 5.10 Å². The van der Waals surface area contributed by atoms with Crippen LogP contribution in [0.5, 0.6) is 0 Å². The van der Waals surface area contributed by atoms with Crippen molar-refractivity contribution in [3.05, 3.63) is 41.6 Å². The monoisotopic (exact) mass is 343 g/mol. The third kappa shape index (κ3) is 3.98. The molecule has 0 spiro atoms. The fraction of sp³-hybridized carbons (Fsp3) is 0.650. The predicted octanol–water partition coefficient (Wildman–Crippen LogP) is 3.80. The van der Waals surface area contributed by atoms with Crippen molar-refractivity contribution in [3.63, 3.8) is 0 Å². The van der Waals surface area contributed by atoms with Crippen molar-refractivity contribution < 1.29 is 9.15 Å². The van der Waals surface area contributed by atoms with Crippen LogP contribution in [-0.4, -0.2) is 34.4 Å². The summed E-state index contributed by atoms with van der Waals surface area (Å²) < 4.78 is 13.5. The van der Waals surface area contributed by atoms with E-state index in [1.54, 1.807) is 6.26 Å². The topological polar surface area (TPSA) is 43.4 Å². The Hall–Kier alpha value is -1.59. The molecule has 2 aliphatic rings. The second-order valence-corrected chi connectivity index (χ2v) is 7.52. The molecular formula is C20H29N3O2. The minimum Gasteiger partial charge on any atom is -0.468 e. The van der Waals surface area contributed by atoms with Crippen molar-refractivity contribution >= 4 is 0 Å². The number of rotatable bonds is 7. The summed E-state index contributed by atoms with van der Waals surface area (Å²) in [6.45, 7) is 7.42. The van der Waals surface area contributed by atoms with Crippen LogP contribution in [0.25, 0.3) is 0 Å². The van der Waals surface area contributed by atoms with Crippen LogP contribution in [0, 0.1) is 5.92 Å². The van der Waals surface area contributed by atoms with Gasteiger partial charge in [-0.3, -0.25) is 9.58 Å². The molecule has 2 aromatic heterocycles. The first kappa shape index (κ1) is 16.9. The van der Waals surface area contributed by atoms with Gasteiger partial charge in [-0.05, 0) is 37.8 Å². The molecule has 0 radical (unpaired) electrons. The highest BCUT2D eigenvalue weighted by atomic mass is 16.5. The molecule has 0 saturated heterocycles. The van der Waals surface area contributed by atoms with Gasteiger partial charge in [-0.15, -0.1) is 0 Å². The average Bonchev–Trinajstić information content (AvgIpc) is 3.34. The molecule has 25 heavy (non-hydrogen) atoms. The molecule has 1 atom stereocenters. The molecule has 3 heterocycles. The number of hydrogen-bond donors (Lipinski definition) is 0. The van der Waals surface area contributed by atoms with Gasteiger partial charge >= 0.3 is 0 Å². The molecule has 1 aliphatic carbocycles. The highest BCUT2D eigenvalue weighted by Gasteiger charge is 2.29. The van der Waals surface area contributed by atoms with Crippen molar-refractivity contribution in [1.29, 1.82) is 0 Å². The number of nitrogens with zero attached hydrogens (tertiary/aromatic N) is 3. The molecule has 1 fully saturated rings. The Labute approximate surface area is 149 Å². The molecule has 2 aromatic rings. The largest absolute Gasteiger partial charge is 0.468 e. The van der Waals surface area contributed by atoms with Gasteiger partial charge in [0.2, 0.25) is 0 Å². The molecule has 1 aliphatic heterocycles. The average molecular weight is 343 g/mol. The number of fused-ring (bicyclic) bond motifs is 1. The summed E-state index contributed by atoms with van der Waals surface area (Å²) >= 11 is 0. The van der Waals surface area contributed by atoms with Gasteiger partial charge in [0, 0.05) is 43.9 Å². The van der Waals surface area contributed by atoms with Gasteiger partial charge in [0.1, 0.15) is 5.76 Å². The lowest BCUT2D eigenvalue weighted by Gasteiger charge is -2.31. The Bertz CT molecular complexity index is 659. The fourth-order valence-corrected chi connectivity index (χ4v) is 4.33. The molecule has 1 saturated carbocycles. The second-order valence-electron chi connectivity index (χ2n) is 7.52. The number of aromatic nitrogens is 2. The standard InChI is InChI=1S/C20H29N3O2/c1-2-24-15-18-12-22(14-19-8-5-9-25-19)11-17-13-23(21-20(17)18)10-16-6-3-4-7-16/h5,8-9,13,16,18H,2-4,6-7,10-12,14-15H2,1H3/t18-/m0/s1. The van der Waals surface area contributed by atoms with Crippen LogP contribution in [0.3, 0.4) is 0 Å². The van der Waals surface area contributed by atoms with Crippen LogP contribution in [-0.2, 0) is 24.4 Å². The molecule has 0 amide bonds. The van der Waals surface area contributed by atoms with E-state index in [1.807, 2.05) is 6.07 Å². The van der Waals surface area contributed by atoms with Crippen LogP contribution >= 0.6 is 0 Å². The normalized spacial score (nSPS) is 21.7. The van der Waals surface area contributed by atoms with E-state index in [0.29, 0.717) is 5.92 Å². The Morgan fingerprint density at radius 2 is 2.20 bits per heavy atom. The molecular weight excluding hydrogens is 314 g/mol. The molecule has 0 aromatic carbocycles. The number of ether oxygens (including phenoxy) is 1. The SMILES string of the molecule is CCOC[C@@H]1CN(Cc2ccco2)Cc2cn(CC3CCCC3)nc21. The maximum atomic E-state index is 5.76. The summed E-state index contributed by atoms with van der Waals surface area (Å²) in [5.74, 6) is 2.19. The molecule has 5 nitrogen and oxygen atoms in total. The third-order valence-corrected chi connectivity index (χ3v) is 5.53. The number of furan rings is 1. The van der Waals surface area contributed by atoms with Crippen LogP contribution in [0.4, 0.5) is 0 Å². The first-order valence-corrected chi connectivity index (χ1v) is 9.70. The van der Waals surface area contributed by atoms with Crippen molar-refractivity contribution in [3.8, 4) is 0 Å². The molecule has 5 heteroatoms. The maximum absolute atomic E-state index is 5.76. The van der Waals surface area contributed by atoms with Crippen LogP contribution < -0.4 is 0 Å². The van der Waals surface area contributed by atoms with Gasteiger partial charge < -0.3 is 9.15 Å². The lowest BCUT2D eigenvalue weighted by Crippen LogP contribution is -2.34. The minimum atomic E-state index is 0.350. The Kier molecular flexibility index (Phi) is 5.22. The van der Waals surface area contributed by atoms with Crippen molar-refractivity contribution in [2.45, 2.75) is 58.2 Å². The van der Waals surface area contributed by atoms with Gasteiger partial charge in [0.05, 0.1) is 25.1 Å². The van der Waals surface area contributed by atoms with E-state index in [-0.39, 0.29) is 0 Å². The summed E-state index contributed by atoms with van der Waals surface area (Å²) in [5.41, 5.74) is 2.61. The van der Waals surface area contributed by atoms with E-state index in [1.165, 1.54) is 36.9 Å². The molecule has 4 rings (SSSR count). The van der Waals surface area contributed by atoms with E-state index in [9.17, 15) is 0 Å². The molecule has 0 unspecified atom stereocenters. The molecule has 0 bridgehead atoms. The van der Waals surface area contributed by atoms with Crippen molar-refractivity contribution in [2.75, 3.05) is 19.8 Å². The second kappa shape index (κ2) is 7.75. The predicted molar refractivity (Wildman–Crippen MR) is 96.2 cm³/mol. The quantitative estimate of drug-likeness (QED) is 0.767. The Morgan fingerprint density at radius 3 is 2.96 bits per heavy atom. The summed E-state index contributed by atoms with van der Waals surface area (Å²) in [7, 11) is 0. The van der Waals surface area contributed by atoms with E-state index in [0.717, 1.165) is 51.1 Å². The Balaban J connectivity index is 1.50. The van der Waals surface area contributed by atoms with E-state index in [4.69, 9.17) is 14.3 Å². The van der Waals surface area contributed by atoms with E-state index < -0.39 is 0 Å². The third-order valence-electron chi connectivity index (χ3n) is 5.53. The van der Waals surface area contributed by atoms with E-state index in [2.05, 4.69) is 28.8 Å². The number of hydrogen-bond acceptors (Lipinski definition) is 4. The van der Waals surface area contributed by atoms with Crippen LogP contribution in [0.1, 0.15) is 55.5 Å². The van der Waals surface area contributed by atoms with Gasteiger partial charge in [-0.1, -0.05) is 12.8 Å². The van der Waals surface area contributed by atoms with Gasteiger partial charge in [0.25, 0.3) is 0 Å². The van der Waals surface area contributed by atoms with Crippen molar-refractivity contribution in [2.24, 2.45) is 5.92 Å². The first-order chi connectivity index (χ1) is 12.3. The molecule has 0 N–H and O–H groups in total. The maximum Gasteiger partial charge on any atom is 0.117 e. The zero-order chi connectivity index (χ0) is 17.1. The zero-order valence-electron chi connectivity index (χ0n) is 15.2. The first-order valence-electron chi connectivity index (χ1n) is 9.70.